The number of carboxylic acids is 1. The molecule has 1 aromatic carbocycles. The van der Waals surface area contributed by atoms with Crippen LogP contribution in [0.3, 0.4) is 0 Å². The number of likely N-dealkylation sites (tertiary alicyclic amines) is 1. The minimum absolute atomic E-state index is 0.0901. The third-order valence-corrected chi connectivity index (χ3v) is 4.43. The van der Waals surface area contributed by atoms with E-state index in [9.17, 15) is 9.59 Å². The molecular weight excluding hydrogens is 278 g/mol. The van der Waals surface area contributed by atoms with Crippen LogP contribution in [0.1, 0.15) is 50.2 Å². The molecule has 0 spiro atoms. The second kappa shape index (κ2) is 7.97. The topological polar surface area (TPSA) is 57.6 Å². The number of carbonyl (C=O) groups excluding carboxylic acids is 1. The molecule has 1 N–H and O–H groups in total. The van der Waals surface area contributed by atoms with Crippen molar-refractivity contribution in [1.29, 1.82) is 0 Å². The summed E-state index contributed by atoms with van der Waals surface area (Å²) in [5, 5.41) is 8.85. The van der Waals surface area contributed by atoms with Crippen molar-refractivity contribution in [1.82, 2.24) is 4.90 Å². The average molecular weight is 303 g/mol. The highest BCUT2D eigenvalue weighted by molar-refractivity contribution is 5.79. The maximum atomic E-state index is 12.6. The van der Waals surface area contributed by atoms with E-state index in [0.717, 1.165) is 37.8 Å². The van der Waals surface area contributed by atoms with Gasteiger partial charge in [0.2, 0.25) is 5.91 Å². The van der Waals surface area contributed by atoms with Crippen LogP contribution in [0.25, 0.3) is 0 Å². The van der Waals surface area contributed by atoms with E-state index < -0.39 is 5.97 Å². The summed E-state index contributed by atoms with van der Waals surface area (Å²) in [5.41, 5.74) is 2.30. The summed E-state index contributed by atoms with van der Waals surface area (Å²) in [4.78, 5) is 25.2. The van der Waals surface area contributed by atoms with Gasteiger partial charge in [0, 0.05) is 19.0 Å². The third-order valence-electron chi connectivity index (χ3n) is 4.43. The quantitative estimate of drug-likeness (QED) is 0.878. The van der Waals surface area contributed by atoms with E-state index in [1.54, 1.807) is 0 Å². The zero-order chi connectivity index (χ0) is 15.9. The summed E-state index contributed by atoms with van der Waals surface area (Å²) in [6, 6.07) is 8.27. The number of benzene rings is 1. The molecule has 4 heteroatoms. The molecule has 2 rings (SSSR count). The Hall–Kier alpha value is -1.84. The van der Waals surface area contributed by atoms with Crippen molar-refractivity contribution >= 4 is 11.9 Å². The van der Waals surface area contributed by atoms with Gasteiger partial charge in [-0.25, -0.2) is 0 Å². The van der Waals surface area contributed by atoms with E-state index in [4.69, 9.17) is 5.11 Å². The summed E-state index contributed by atoms with van der Waals surface area (Å²) < 4.78 is 0. The van der Waals surface area contributed by atoms with Crippen molar-refractivity contribution in [2.75, 3.05) is 6.54 Å². The monoisotopic (exact) mass is 303 g/mol. The van der Waals surface area contributed by atoms with Crippen LogP contribution in [-0.4, -0.2) is 34.5 Å². The Bertz CT molecular complexity index is 510. The van der Waals surface area contributed by atoms with Crippen LogP contribution < -0.4 is 0 Å². The van der Waals surface area contributed by atoms with Gasteiger partial charge in [0.25, 0.3) is 0 Å². The van der Waals surface area contributed by atoms with Gasteiger partial charge in [0.05, 0.1) is 6.42 Å². The number of carbonyl (C=O) groups is 2. The molecule has 0 aliphatic carbocycles. The first-order valence-electron chi connectivity index (χ1n) is 8.19. The van der Waals surface area contributed by atoms with Gasteiger partial charge in [0.1, 0.15) is 0 Å². The fourth-order valence-electron chi connectivity index (χ4n) is 3.09. The van der Waals surface area contributed by atoms with Crippen LogP contribution in [-0.2, 0) is 22.4 Å². The van der Waals surface area contributed by atoms with Gasteiger partial charge in [0.15, 0.2) is 0 Å². The smallest absolute Gasteiger partial charge is 0.303 e. The lowest BCUT2D eigenvalue weighted by Gasteiger charge is -2.35. The molecule has 0 radical (unpaired) electrons. The number of piperidine rings is 1. The SMILES string of the molecule is CCc1ccc(CC(=O)N2CCCCC2CCC(=O)O)cc1. The predicted octanol–water partition coefficient (Wildman–Crippen LogP) is 3.04. The van der Waals surface area contributed by atoms with Crippen LogP contribution in [0, 0.1) is 0 Å². The van der Waals surface area contributed by atoms with E-state index >= 15 is 0 Å². The van der Waals surface area contributed by atoms with Gasteiger partial charge in [-0.2, -0.15) is 0 Å². The molecule has 1 unspecified atom stereocenters. The molecule has 4 nitrogen and oxygen atoms in total. The summed E-state index contributed by atoms with van der Waals surface area (Å²) >= 11 is 0. The van der Waals surface area contributed by atoms with Crippen molar-refractivity contribution in [3.05, 3.63) is 35.4 Å². The van der Waals surface area contributed by atoms with Crippen molar-refractivity contribution in [2.24, 2.45) is 0 Å². The highest BCUT2D eigenvalue weighted by Crippen LogP contribution is 2.22. The lowest BCUT2D eigenvalue weighted by atomic mass is 9.97. The van der Waals surface area contributed by atoms with Gasteiger partial charge in [-0.3, -0.25) is 9.59 Å². The molecule has 1 amide bonds. The number of hydrogen-bond acceptors (Lipinski definition) is 2. The molecule has 0 saturated carbocycles. The lowest BCUT2D eigenvalue weighted by molar-refractivity contribution is -0.139. The zero-order valence-corrected chi connectivity index (χ0v) is 13.3. The highest BCUT2D eigenvalue weighted by Gasteiger charge is 2.26. The zero-order valence-electron chi connectivity index (χ0n) is 13.3. The number of aliphatic carboxylic acids is 1. The number of rotatable bonds is 6. The summed E-state index contributed by atoms with van der Waals surface area (Å²) in [6.45, 7) is 2.87. The molecule has 1 heterocycles. The van der Waals surface area contributed by atoms with Crippen molar-refractivity contribution in [3.63, 3.8) is 0 Å². The summed E-state index contributed by atoms with van der Waals surface area (Å²) in [7, 11) is 0. The molecule has 1 aromatic rings. The number of nitrogens with zero attached hydrogens (tertiary/aromatic N) is 1. The van der Waals surface area contributed by atoms with Gasteiger partial charge in [-0.05, 0) is 43.2 Å². The van der Waals surface area contributed by atoms with Gasteiger partial charge >= 0.3 is 5.97 Å². The average Bonchev–Trinajstić information content (AvgIpc) is 2.54. The number of carboxylic acid groups (broad SMARTS) is 1. The molecule has 120 valence electrons. The van der Waals surface area contributed by atoms with E-state index in [0.29, 0.717) is 12.8 Å². The lowest BCUT2D eigenvalue weighted by Crippen LogP contribution is -2.44. The molecule has 1 aliphatic rings. The fraction of sp³-hybridized carbons (Fsp3) is 0.556. The van der Waals surface area contributed by atoms with E-state index in [1.165, 1.54) is 5.56 Å². The number of amides is 1. The number of aryl methyl sites for hydroxylation is 1. The van der Waals surface area contributed by atoms with Crippen LogP contribution in [0.5, 0.6) is 0 Å². The Morgan fingerprint density at radius 1 is 1.18 bits per heavy atom. The number of hydrogen-bond donors (Lipinski definition) is 1. The summed E-state index contributed by atoms with van der Waals surface area (Å²) in [5.74, 6) is -0.660. The van der Waals surface area contributed by atoms with Gasteiger partial charge < -0.3 is 10.0 Å². The van der Waals surface area contributed by atoms with Gasteiger partial charge in [-0.15, -0.1) is 0 Å². The first-order valence-corrected chi connectivity index (χ1v) is 8.19. The van der Waals surface area contributed by atoms with E-state index in [-0.39, 0.29) is 18.4 Å². The Labute approximate surface area is 132 Å². The summed E-state index contributed by atoms with van der Waals surface area (Å²) in [6.07, 6.45) is 5.14. The second-order valence-electron chi connectivity index (χ2n) is 6.02. The molecule has 1 aliphatic heterocycles. The van der Waals surface area contributed by atoms with Crippen LogP contribution in [0.2, 0.25) is 0 Å². The van der Waals surface area contributed by atoms with Crippen molar-refractivity contribution in [3.8, 4) is 0 Å². The molecular formula is C18H25NO3. The first-order chi connectivity index (χ1) is 10.6. The highest BCUT2D eigenvalue weighted by atomic mass is 16.4. The van der Waals surface area contributed by atoms with Crippen LogP contribution in [0.15, 0.2) is 24.3 Å². The molecule has 0 aromatic heterocycles. The van der Waals surface area contributed by atoms with Crippen LogP contribution >= 0.6 is 0 Å². The van der Waals surface area contributed by atoms with Crippen LogP contribution in [0.4, 0.5) is 0 Å². The second-order valence-corrected chi connectivity index (χ2v) is 6.02. The van der Waals surface area contributed by atoms with Crippen molar-refractivity contribution in [2.45, 2.75) is 57.9 Å². The Balaban J connectivity index is 1.96. The Kier molecular flexibility index (Phi) is 5.99. The van der Waals surface area contributed by atoms with E-state index in [2.05, 4.69) is 19.1 Å². The third kappa shape index (κ3) is 4.58. The fourth-order valence-corrected chi connectivity index (χ4v) is 3.09. The molecule has 22 heavy (non-hydrogen) atoms. The normalized spacial score (nSPS) is 18.2. The molecule has 1 fully saturated rings. The molecule has 1 atom stereocenters. The Morgan fingerprint density at radius 3 is 2.50 bits per heavy atom. The van der Waals surface area contributed by atoms with Gasteiger partial charge in [-0.1, -0.05) is 31.2 Å². The minimum Gasteiger partial charge on any atom is -0.481 e. The minimum atomic E-state index is -0.784. The largest absolute Gasteiger partial charge is 0.481 e. The molecule has 0 bridgehead atoms. The first kappa shape index (κ1) is 16.5. The maximum absolute atomic E-state index is 12.6. The maximum Gasteiger partial charge on any atom is 0.303 e. The van der Waals surface area contributed by atoms with E-state index in [1.807, 2.05) is 17.0 Å². The predicted molar refractivity (Wildman–Crippen MR) is 85.7 cm³/mol. The Morgan fingerprint density at radius 2 is 1.86 bits per heavy atom. The van der Waals surface area contributed by atoms with Crippen molar-refractivity contribution < 1.29 is 14.7 Å². The standard InChI is InChI=1S/C18H25NO3/c1-2-14-6-8-15(9-7-14)13-17(20)19-12-4-3-5-16(19)10-11-18(21)22/h6-9,16H,2-5,10-13H2,1H3,(H,21,22). The molecule has 1 saturated heterocycles.